The Balaban J connectivity index is 1.84. The van der Waals surface area contributed by atoms with Gasteiger partial charge in [-0.05, 0) is 35.9 Å². The van der Waals surface area contributed by atoms with Crippen LogP contribution in [-0.4, -0.2) is 30.4 Å². The van der Waals surface area contributed by atoms with Crippen molar-refractivity contribution < 1.29 is 18.0 Å². The van der Waals surface area contributed by atoms with Crippen LogP contribution in [0.2, 0.25) is 10.0 Å². The first-order valence-corrected chi connectivity index (χ1v) is 9.00. The molecule has 2 aliphatic heterocycles. The number of carbonyl (C=O) groups excluding carboxylic acids is 1. The van der Waals surface area contributed by atoms with Gasteiger partial charge in [-0.15, -0.1) is 0 Å². The van der Waals surface area contributed by atoms with Crippen LogP contribution in [0.25, 0.3) is 0 Å². The number of carbonyl (C=O) groups is 1. The molecule has 142 valence electrons. The van der Waals surface area contributed by atoms with Gasteiger partial charge in [-0.1, -0.05) is 23.2 Å². The fourth-order valence-electron chi connectivity index (χ4n) is 3.58. The lowest BCUT2D eigenvalue weighted by Gasteiger charge is -2.30. The number of fused-ring (bicyclic) bond motifs is 3. The highest BCUT2D eigenvalue weighted by atomic mass is 35.5. The number of anilines is 2. The van der Waals surface area contributed by atoms with Gasteiger partial charge < -0.3 is 15.5 Å². The molecule has 0 aromatic heterocycles. The van der Waals surface area contributed by atoms with Crippen LogP contribution >= 0.6 is 23.2 Å². The van der Waals surface area contributed by atoms with Crippen molar-refractivity contribution in [1.82, 2.24) is 10.2 Å². The largest absolute Gasteiger partial charge is 0.417 e. The maximum Gasteiger partial charge on any atom is 0.417 e. The van der Waals surface area contributed by atoms with E-state index in [9.17, 15) is 18.0 Å². The molecule has 4 nitrogen and oxygen atoms in total. The molecular formula is C18H14Cl2F3N3O. The Morgan fingerprint density at radius 1 is 1.19 bits per heavy atom. The molecule has 4 rings (SSSR count). The topological polar surface area (TPSA) is 44.4 Å². The Labute approximate surface area is 163 Å². The van der Waals surface area contributed by atoms with E-state index >= 15 is 0 Å². The summed E-state index contributed by atoms with van der Waals surface area (Å²) in [6.45, 7) is 1.34. The molecule has 1 saturated heterocycles. The zero-order valence-electron chi connectivity index (χ0n) is 13.8. The SMILES string of the molecule is O=C1c2c(cc(Nc3cc(Cl)ccc3Cl)cc2C(F)(F)F)[C@@H]2CNCCN12. The van der Waals surface area contributed by atoms with E-state index in [2.05, 4.69) is 10.6 Å². The first-order valence-electron chi connectivity index (χ1n) is 8.24. The first-order chi connectivity index (χ1) is 12.8. The van der Waals surface area contributed by atoms with Gasteiger partial charge >= 0.3 is 6.18 Å². The molecule has 2 N–H and O–H groups in total. The fourth-order valence-corrected chi connectivity index (χ4v) is 3.92. The molecule has 27 heavy (non-hydrogen) atoms. The minimum atomic E-state index is -4.66. The highest BCUT2D eigenvalue weighted by Crippen LogP contribution is 2.44. The second-order valence-corrected chi connectivity index (χ2v) is 7.30. The second kappa shape index (κ2) is 6.58. The molecule has 1 atom stereocenters. The van der Waals surface area contributed by atoms with Crippen molar-refractivity contribution >= 4 is 40.5 Å². The number of alkyl halides is 3. The van der Waals surface area contributed by atoms with Crippen LogP contribution in [0.3, 0.4) is 0 Å². The fraction of sp³-hybridized carbons (Fsp3) is 0.278. The zero-order valence-corrected chi connectivity index (χ0v) is 15.3. The monoisotopic (exact) mass is 415 g/mol. The molecule has 2 aliphatic rings. The van der Waals surface area contributed by atoms with Gasteiger partial charge in [-0.3, -0.25) is 4.79 Å². The predicted molar refractivity (Wildman–Crippen MR) is 97.8 cm³/mol. The molecule has 2 heterocycles. The minimum Gasteiger partial charge on any atom is -0.354 e. The number of rotatable bonds is 2. The third-order valence-corrected chi connectivity index (χ3v) is 5.32. The Kier molecular flexibility index (Phi) is 4.49. The number of halogens is 5. The van der Waals surface area contributed by atoms with E-state index in [1.165, 1.54) is 11.0 Å². The van der Waals surface area contributed by atoms with Gasteiger partial charge in [0.2, 0.25) is 0 Å². The van der Waals surface area contributed by atoms with Crippen LogP contribution in [0, 0.1) is 0 Å². The van der Waals surface area contributed by atoms with E-state index in [4.69, 9.17) is 23.2 Å². The van der Waals surface area contributed by atoms with Crippen molar-refractivity contribution in [2.45, 2.75) is 12.2 Å². The molecule has 0 bridgehead atoms. The Morgan fingerprint density at radius 2 is 1.96 bits per heavy atom. The summed E-state index contributed by atoms with van der Waals surface area (Å²) in [6.07, 6.45) is -4.66. The molecule has 1 amide bonds. The summed E-state index contributed by atoms with van der Waals surface area (Å²) in [5.41, 5.74) is -0.257. The number of benzene rings is 2. The smallest absolute Gasteiger partial charge is 0.354 e. The summed E-state index contributed by atoms with van der Waals surface area (Å²) in [7, 11) is 0. The third kappa shape index (κ3) is 3.24. The van der Waals surface area contributed by atoms with E-state index in [-0.39, 0.29) is 11.3 Å². The van der Waals surface area contributed by atoms with E-state index in [1.54, 1.807) is 18.2 Å². The van der Waals surface area contributed by atoms with Crippen molar-refractivity contribution in [1.29, 1.82) is 0 Å². The van der Waals surface area contributed by atoms with Crippen LogP contribution in [0.4, 0.5) is 24.5 Å². The summed E-state index contributed by atoms with van der Waals surface area (Å²) in [5, 5.41) is 6.75. The van der Waals surface area contributed by atoms with Gasteiger partial charge in [0, 0.05) is 30.3 Å². The molecule has 0 aliphatic carbocycles. The highest BCUT2D eigenvalue weighted by Gasteiger charge is 2.45. The normalized spacial score (nSPS) is 19.1. The van der Waals surface area contributed by atoms with Crippen molar-refractivity contribution in [2.24, 2.45) is 0 Å². The van der Waals surface area contributed by atoms with Crippen LogP contribution in [0.1, 0.15) is 27.5 Å². The van der Waals surface area contributed by atoms with Crippen molar-refractivity contribution in [2.75, 3.05) is 25.0 Å². The van der Waals surface area contributed by atoms with Gasteiger partial charge in [-0.2, -0.15) is 13.2 Å². The molecule has 0 unspecified atom stereocenters. The van der Waals surface area contributed by atoms with Gasteiger partial charge in [-0.25, -0.2) is 0 Å². The summed E-state index contributed by atoms with van der Waals surface area (Å²) in [4.78, 5) is 14.1. The lowest BCUT2D eigenvalue weighted by molar-refractivity contribution is -0.137. The highest BCUT2D eigenvalue weighted by molar-refractivity contribution is 6.35. The average molecular weight is 416 g/mol. The summed E-state index contributed by atoms with van der Waals surface area (Å²) in [6, 6.07) is 6.78. The number of nitrogens with zero attached hydrogens (tertiary/aromatic N) is 1. The van der Waals surface area contributed by atoms with E-state index in [0.29, 0.717) is 40.9 Å². The van der Waals surface area contributed by atoms with Crippen LogP contribution in [0.15, 0.2) is 30.3 Å². The standard InChI is InChI=1S/C18H14Cl2F3N3O/c19-9-1-2-13(20)14(5-9)25-10-6-11-15-8-24-3-4-26(15)17(27)16(11)12(7-10)18(21,22)23/h1-2,5-7,15,24-25H,3-4,8H2/t15-/m0/s1. The van der Waals surface area contributed by atoms with Crippen molar-refractivity contribution in [3.8, 4) is 0 Å². The van der Waals surface area contributed by atoms with Crippen LogP contribution in [-0.2, 0) is 6.18 Å². The van der Waals surface area contributed by atoms with E-state index < -0.39 is 23.7 Å². The van der Waals surface area contributed by atoms with Gasteiger partial charge in [0.25, 0.3) is 5.91 Å². The van der Waals surface area contributed by atoms with Gasteiger partial charge in [0.05, 0.1) is 27.9 Å². The zero-order chi connectivity index (χ0) is 19.3. The van der Waals surface area contributed by atoms with Crippen molar-refractivity contribution in [3.63, 3.8) is 0 Å². The number of nitrogens with one attached hydrogen (secondary N) is 2. The molecule has 0 spiro atoms. The lowest BCUT2D eigenvalue weighted by atomic mass is 9.97. The molecule has 2 aromatic rings. The summed E-state index contributed by atoms with van der Waals surface area (Å²) >= 11 is 12.1. The number of amides is 1. The van der Waals surface area contributed by atoms with Gasteiger partial charge in [0.15, 0.2) is 0 Å². The molecule has 1 fully saturated rings. The lowest BCUT2D eigenvalue weighted by Crippen LogP contribution is -2.44. The average Bonchev–Trinajstić information content (AvgIpc) is 2.90. The number of piperazine rings is 1. The molecule has 9 heteroatoms. The Morgan fingerprint density at radius 3 is 2.70 bits per heavy atom. The molecular weight excluding hydrogens is 402 g/mol. The third-order valence-electron chi connectivity index (χ3n) is 4.76. The van der Waals surface area contributed by atoms with Crippen molar-refractivity contribution in [3.05, 3.63) is 57.1 Å². The summed E-state index contributed by atoms with van der Waals surface area (Å²) in [5.74, 6) is -0.573. The van der Waals surface area contributed by atoms with Crippen LogP contribution in [0.5, 0.6) is 0 Å². The first kappa shape index (κ1) is 18.4. The quantitative estimate of drug-likeness (QED) is 0.736. The molecule has 0 saturated carbocycles. The number of hydrogen-bond acceptors (Lipinski definition) is 3. The maximum absolute atomic E-state index is 13.7. The molecule has 2 aromatic carbocycles. The van der Waals surface area contributed by atoms with E-state index in [1.807, 2.05) is 0 Å². The van der Waals surface area contributed by atoms with Crippen LogP contribution < -0.4 is 10.6 Å². The number of hydrogen-bond donors (Lipinski definition) is 2. The minimum absolute atomic E-state index is 0.200. The summed E-state index contributed by atoms with van der Waals surface area (Å²) < 4.78 is 41.1. The predicted octanol–water partition coefficient (Wildman–Crippen LogP) is 4.86. The van der Waals surface area contributed by atoms with E-state index in [0.717, 1.165) is 6.07 Å². The second-order valence-electron chi connectivity index (χ2n) is 6.45. The molecule has 0 radical (unpaired) electrons. The van der Waals surface area contributed by atoms with Gasteiger partial charge in [0.1, 0.15) is 0 Å². The Hall–Kier alpha value is -1.96. The maximum atomic E-state index is 13.7. The Bertz CT molecular complexity index is 933.